The first kappa shape index (κ1) is 18.9. The van der Waals surface area contributed by atoms with Gasteiger partial charge >= 0.3 is 0 Å². The molecule has 0 aromatic rings. The molecule has 1 heterocycles. The topological polar surface area (TPSA) is 49.4 Å². The van der Waals surface area contributed by atoms with Crippen LogP contribution < -0.4 is 5.32 Å². The SMILES string of the molecule is CCCCCC(CC1CCCN(S(C)(=O)=O)C1)NCCC. The Balaban J connectivity index is 2.47. The van der Waals surface area contributed by atoms with Gasteiger partial charge in [0.1, 0.15) is 0 Å². The summed E-state index contributed by atoms with van der Waals surface area (Å²) in [6, 6.07) is 0.556. The third-order valence-corrected chi connectivity index (χ3v) is 5.68. The second-order valence-corrected chi connectivity index (χ2v) is 8.49. The summed E-state index contributed by atoms with van der Waals surface area (Å²) in [5.41, 5.74) is 0. The quantitative estimate of drug-likeness (QED) is 0.630. The van der Waals surface area contributed by atoms with Crippen LogP contribution in [0.1, 0.15) is 65.2 Å². The number of rotatable bonds is 10. The van der Waals surface area contributed by atoms with Crippen LogP contribution in [-0.4, -0.2) is 44.7 Å². The molecule has 126 valence electrons. The summed E-state index contributed by atoms with van der Waals surface area (Å²) >= 11 is 0. The van der Waals surface area contributed by atoms with Crippen molar-refractivity contribution in [1.82, 2.24) is 9.62 Å². The van der Waals surface area contributed by atoms with E-state index < -0.39 is 10.0 Å². The smallest absolute Gasteiger partial charge is 0.211 e. The molecule has 1 N–H and O–H groups in total. The second-order valence-electron chi connectivity index (χ2n) is 6.51. The largest absolute Gasteiger partial charge is 0.314 e. The van der Waals surface area contributed by atoms with E-state index in [1.807, 2.05) is 0 Å². The van der Waals surface area contributed by atoms with Crippen molar-refractivity contribution in [1.29, 1.82) is 0 Å². The summed E-state index contributed by atoms with van der Waals surface area (Å²) in [6.45, 7) is 6.93. The van der Waals surface area contributed by atoms with E-state index in [1.54, 1.807) is 4.31 Å². The van der Waals surface area contributed by atoms with E-state index in [9.17, 15) is 8.42 Å². The van der Waals surface area contributed by atoms with Gasteiger partial charge in [-0.3, -0.25) is 0 Å². The molecule has 5 heteroatoms. The highest BCUT2D eigenvalue weighted by molar-refractivity contribution is 7.88. The lowest BCUT2D eigenvalue weighted by Gasteiger charge is -2.33. The number of piperidine rings is 1. The van der Waals surface area contributed by atoms with Gasteiger partial charge in [-0.25, -0.2) is 12.7 Å². The molecule has 0 aromatic heterocycles. The highest BCUT2D eigenvalue weighted by Crippen LogP contribution is 2.24. The molecular weight excluding hydrogens is 284 g/mol. The lowest BCUT2D eigenvalue weighted by atomic mass is 9.90. The Morgan fingerprint density at radius 2 is 2.00 bits per heavy atom. The monoisotopic (exact) mass is 318 g/mol. The standard InChI is InChI=1S/C16H34N2O2S/c1-4-6-7-10-16(17-11-5-2)13-15-9-8-12-18(14-15)21(3,19)20/h15-17H,4-14H2,1-3H3. The molecule has 2 unspecified atom stereocenters. The highest BCUT2D eigenvalue weighted by Gasteiger charge is 2.27. The van der Waals surface area contributed by atoms with E-state index in [2.05, 4.69) is 19.2 Å². The Bertz CT molecular complexity index is 370. The van der Waals surface area contributed by atoms with E-state index in [1.165, 1.54) is 38.4 Å². The number of hydrogen-bond acceptors (Lipinski definition) is 3. The first-order valence-electron chi connectivity index (χ1n) is 8.65. The number of nitrogens with zero attached hydrogens (tertiary/aromatic N) is 1. The minimum atomic E-state index is -3.02. The van der Waals surface area contributed by atoms with Gasteiger partial charge in [0.05, 0.1) is 6.26 Å². The molecule has 1 saturated heterocycles. The molecule has 21 heavy (non-hydrogen) atoms. The number of sulfonamides is 1. The van der Waals surface area contributed by atoms with Crippen molar-refractivity contribution in [3.05, 3.63) is 0 Å². The van der Waals surface area contributed by atoms with Crippen LogP contribution in [0.15, 0.2) is 0 Å². The Morgan fingerprint density at radius 3 is 2.62 bits per heavy atom. The van der Waals surface area contributed by atoms with Crippen LogP contribution in [0.4, 0.5) is 0 Å². The third kappa shape index (κ3) is 7.61. The van der Waals surface area contributed by atoms with Gasteiger partial charge < -0.3 is 5.32 Å². The first-order valence-corrected chi connectivity index (χ1v) is 10.5. The van der Waals surface area contributed by atoms with Gasteiger partial charge in [-0.2, -0.15) is 0 Å². The molecule has 0 spiro atoms. The van der Waals surface area contributed by atoms with Crippen LogP contribution in [0, 0.1) is 5.92 Å². The van der Waals surface area contributed by atoms with Crippen LogP contribution >= 0.6 is 0 Å². The minimum absolute atomic E-state index is 0.518. The van der Waals surface area contributed by atoms with Crippen molar-refractivity contribution in [2.45, 2.75) is 71.3 Å². The molecule has 4 nitrogen and oxygen atoms in total. The molecule has 2 atom stereocenters. The van der Waals surface area contributed by atoms with E-state index >= 15 is 0 Å². The summed E-state index contributed by atoms with van der Waals surface area (Å²) in [5, 5.41) is 3.66. The molecule has 1 fully saturated rings. The van der Waals surface area contributed by atoms with Crippen LogP contribution in [0.5, 0.6) is 0 Å². The number of nitrogens with one attached hydrogen (secondary N) is 1. The Morgan fingerprint density at radius 1 is 1.24 bits per heavy atom. The molecule has 0 saturated carbocycles. The van der Waals surface area contributed by atoms with Crippen molar-refractivity contribution in [2.75, 3.05) is 25.9 Å². The van der Waals surface area contributed by atoms with Crippen LogP contribution in [0.25, 0.3) is 0 Å². The van der Waals surface area contributed by atoms with E-state index in [0.29, 0.717) is 18.5 Å². The van der Waals surface area contributed by atoms with E-state index in [-0.39, 0.29) is 0 Å². The normalized spacial score (nSPS) is 22.3. The maximum Gasteiger partial charge on any atom is 0.211 e. The van der Waals surface area contributed by atoms with Crippen LogP contribution in [0.2, 0.25) is 0 Å². The fourth-order valence-corrected chi connectivity index (χ4v) is 4.16. The molecule has 1 rings (SSSR count). The molecule has 1 aliphatic rings. The van der Waals surface area contributed by atoms with Gasteiger partial charge in [0.2, 0.25) is 10.0 Å². The van der Waals surface area contributed by atoms with Crippen molar-refractivity contribution < 1.29 is 8.42 Å². The molecule has 1 aliphatic heterocycles. The molecular formula is C16H34N2O2S. The van der Waals surface area contributed by atoms with Gasteiger partial charge in [0.25, 0.3) is 0 Å². The Hall–Kier alpha value is -0.130. The number of unbranched alkanes of at least 4 members (excludes halogenated alkanes) is 2. The molecule has 0 amide bonds. The van der Waals surface area contributed by atoms with Gasteiger partial charge in [-0.05, 0) is 44.6 Å². The average molecular weight is 319 g/mol. The zero-order valence-electron chi connectivity index (χ0n) is 14.1. The predicted octanol–water partition coefficient (Wildman–Crippen LogP) is 3.00. The van der Waals surface area contributed by atoms with Gasteiger partial charge in [0.15, 0.2) is 0 Å². The number of hydrogen-bond donors (Lipinski definition) is 1. The van der Waals surface area contributed by atoms with Gasteiger partial charge in [-0.1, -0.05) is 33.1 Å². The molecule has 0 aliphatic carbocycles. The third-order valence-electron chi connectivity index (χ3n) is 4.41. The van der Waals surface area contributed by atoms with Crippen molar-refractivity contribution in [2.24, 2.45) is 5.92 Å². The maximum absolute atomic E-state index is 11.7. The lowest BCUT2D eigenvalue weighted by molar-refractivity contribution is 0.233. The van der Waals surface area contributed by atoms with Crippen LogP contribution in [0.3, 0.4) is 0 Å². The second kappa shape index (κ2) is 9.80. The zero-order valence-corrected chi connectivity index (χ0v) is 14.9. The van der Waals surface area contributed by atoms with E-state index in [0.717, 1.165) is 32.4 Å². The summed E-state index contributed by atoms with van der Waals surface area (Å²) in [6.07, 6.45) is 10.8. The van der Waals surface area contributed by atoms with Crippen LogP contribution in [-0.2, 0) is 10.0 Å². The van der Waals surface area contributed by atoms with E-state index in [4.69, 9.17) is 0 Å². The minimum Gasteiger partial charge on any atom is -0.314 e. The highest BCUT2D eigenvalue weighted by atomic mass is 32.2. The van der Waals surface area contributed by atoms with Crippen molar-refractivity contribution >= 4 is 10.0 Å². The van der Waals surface area contributed by atoms with Gasteiger partial charge in [0, 0.05) is 19.1 Å². The zero-order chi connectivity index (χ0) is 15.7. The molecule has 0 radical (unpaired) electrons. The predicted molar refractivity (Wildman–Crippen MR) is 90.0 cm³/mol. The maximum atomic E-state index is 11.7. The first-order chi connectivity index (χ1) is 9.97. The molecule has 0 aromatic carbocycles. The Kier molecular flexibility index (Phi) is 8.83. The fraction of sp³-hybridized carbons (Fsp3) is 1.00. The molecule has 0 bridgehead atoms. The van der Waals surface area contributed by atoms with Gasteiger partial charge in [-0.15, -0.1) is 0 Å². The summed E-state index contributed by atoms with van der Waals surface area (Å²) < 4.78 is 25.1. The summed E-state index contributed by atoms with van der Waals surface area (Å²) in [4.78, 5) is 0. The average Bonchev–Trinajstić information content (AvgIpc) is 2.44. The summed E-state index contributed by atoms with van der Waals surface area (Å²) in [7, 11) is -3.02. The Labute approximate surface area is 131 Å². The van der Waals surface area contributed by atoms with Crippen molar-refractivity contribution in [3.63, 3.8) is 0 Å². The fourth-order valence-electron chi connectivity index (χ4n) is 3.22. The lowest BCUT2D eigenvalue weighted by Crippen LogP contribution is -2.42. The van der Waals surface area contributed by atoms with Crippen molar-refractivity contribution in [3.8, 4) is 0 Å². The summed E-state index contributed by atoms with van der Waals surface area (Å²) in [5.74, 6) is 0.518.